The minimum absolute atomic E-state index is 0.0420. The van der Waals surface area contributed by atoms with Crippen LogP contribution in [-0.4, -0.2) is 36.6 Å². The van der Waals surface area contributed by atoms with Crippen LogP contribution in [0.1, 0.15) is 33.1 Å². The van der Waals surface area contributed by atoms with Crippen molar-refractivity contribution in [2.45, 2.75) is 33.1 Å². The van der Waals surface area contributed by atoms with E-state index in [1.165, 1.54) is 0 Å². The van der Waals surface area contributed by atoms with Crippen molar-refractivity contribution in [1.82, 2.24) is 10.6 Å². The average Bonchev–Trinajstić information content (AvgIpc) is 2.78. The van der Waals surface area contributed by atoms with Crippen molar-refractivity contribution in [2.75, 3.05) is 19.6 Å². The highest BCUT2D eigenvalue weighted by molar-refractivity contribution is 5.79. The van der Waals surface area contributed by atoms with Gasteiger partial charge in [-0.2, -0.15) is 0 Å². The number of carboxylic acid groups (broad SMARTS) is 1. The molecule has 98 valence electrons. The third kappa shape index (κ3) is 4.00. The van der Waals surface area contributed by atoms with Gasteiger partial charge in [-0.3, -0.25) is 9.59 Å². The van der Waals surface area contributed by atoms with E-state index in [1.54, 1.807) is 6.92 Å². The molecule has 2 unspecified atom stereocenters. The molecule has 0 aromatic rings. The summed E-state index contributed by atoms with van der Waals surface area (Å²) in [5, 5.41) is 15.0. The van der Waals surface area contributed by atoms with Gasteiger partial charge in [0.25, 0.3) is 0 Å². The van der Waals surface area contributed by atoms with Crippen molar-refractivity contribution in [3.63, 3.8) is 0 Å². The van der Waals surface area contributed by atoms with Crippen LogP contribution < -0.4 is 10.6 Å². The second-order valence-corrected chi connectivity index (χ2v) is 5.06. The second kappa shape index (κ2) is 6.00. The van der Waals surface area contributed by atoms with E-state index in [1.807, 2.05) is 6.92 Å². The Morgan fingerprint density at radius 2 is 2.24 bits per heavy atom. The van der Waals surface area contributed by atoms with Crippen LogP contribution in [0.5, 0.6) is 0 Å². The van der Waals surface area contributed by atoms with Crippen LogP contribution in [0.3, 0.4) is 0 Å². The van der Waals surface area contributed by atoms with Gasteiger partial charge in [-0.25, -0.2) is 0 Å². The molecule has 5 heteroatoms. The number of carboxylic acids is 1. The summed E-state index contributed by atoms with van der Waals surface area (Å²) < 4.78 is 0. The molecule has 1 heterocycles. The molecule has 1 fully saturated rings. The van der Waals surface area contributed by atoms with E-state index in [0.717, 1.165) is 19.5 Å². The highest BCUT2D eigenvalue weighted by Gasteiger charge is 2.31. The van der Waals surface area contributed by atoms with Gasteiger partial charge in [0.15, 0.2) is 0 Å². The van der Waals surface area contributed by atoms with Gasteiger partial charge < -0.3 is 15.7 Å². The van der Waals surface area contributed by atoms with Gasteiger partial charge in [0.2, 0.25) is 5.91 Å². The zero-order valence-electron chi connectivity index (χ0n) is 10.6. The summed E-state index contributed by atoms with van der Waals surface area (Å²) in [6.45, 7) is 5.54. The smallest absolute Gasteiger partial charge is 0.311 e. The maximum absolute atomic E-state index is 11.7. The van der Waals surface area contributed by atoms with E-state index in [0.29, 0.717) is 18.8 Å². The Morgan fingerprint density at radius 1 is 1.53 bits per heavy atom. The number of carbonyl (C=O) groups is 2. The number of amides is 1. The SMILES string of the molecule is CCC(C)(CNC(=O)CC1CCNC1)C(=O)O. The second-order valence-electron chi connectivity index (χ2n) is 5.06. The van der Waals surface area contributed by atoms with Gasteiger partial charge in [0.05, 0.1) is 5.41 Å². The first-order valence-electron chi connectivity index (χ1n) is 6.19. The molecule has 1 aliphatic heterocycles. The van der Waals surface area contributed by atoms with Crippen molar-refractivity contribution in [2.24, 2.45) is 11.3 Å². The van der Waals surface area contributed by atoms with Crippen molar-refractivity contribution in [3.05, 3.63) is 0 Å². The monoisotopic (exact) mass is 242 g/mol. The summed E-state index contributed by atoms with van der Waals surface area (Å²) in [7, 11) is 0. The van der Waals surface area contributed by atoms with Crippen molar-refractivity contribution >= 4 is 11.9 Å². The lowest BCUT2D eigenvalue weighted by molar-refractivity contribution is -0.148. The maximum atomic E-state index is 11.7. The van der Waals surface area contributed by atoms with E-state index in [-0.39, 0.29) is 12.5 Å². The van der Waals surface area contributed by atoms with Crippen LogP contribution in [-0.2, 0) is 9.59 Å². The minimum Gasteiger partial charge on any atom is -0.481 e. The summed E-state index contributed by atoms with van der Waals surface area (Å²) in [6, 6.07) is 0. The molecule has 1 saturated heterocycles. The van der Waals surface area contributed by atoms with E-state index in [4.69, 9.17) is 5.11 Å². The average molecular weight is 242 g/mol. The standard InChI is InChI=1S/C12H22N2O3/c1-3-12(2,11(16)17)8-14-10(15)6-9-4-5-13-7-9/h9,13H,3-8H2,1-2H3,(H,14,15)(H,16,17). The van der Waals surface area contributed by atoms with Crippen molar-refractivity contribution in [3.8, 4) is 0 Å². The molecule has 0 aromatic carbocycles. The third-order valence-corrected chi connectivity index (χ3v) is 3.61. The van der Waals surface area contributed by atoms with E-state index in [2.05, 4.69) is 10.6 Å². The highest BCUT2D eigenvalue weighted by atomic mass is 16.4. The quantitative estimate of drug-likeness (QED) is 0.637. The van der Waals surface area contributed by atoms with Gasteiger partial charge in [0.1, 0.15) is 0 Å². The molecule has 0 spiro atoms. The van der Waals surface area contributed by atoms with E-state index in [9.17, 15) is 9.59 Å². The fourth-order valence-corrected chi connectivity index (χ4v) is 1.87. The van der Waals surface area contributed by atoms with E-state index < -0.39 is 11.4 Å². The molecule has 2 atom stereocenters. The van der Waals surface area contributed by atoms with Crippen molar-refractivity contribution in [1.29, 1.82) is 0 Å². The molecule has 17 heavy (non-hydrogen) atoms. The highest BCUT2D eigenvalue weighted by Crippen LogP contribution is 2.20. The number of aliphatic carboxylic acids is 1. The summed E-state index contributed by atoms with van der Waals surface area (Å²) in [6.07, 6.45) is 2.03. The van der Waals surface area contributed by atoms with Crippen molar-refractivity contribution < 1.29 is 14.7 Å². The summed E-state index contributed by atoms with van der Waals surface area (Å²) >= 11 is 0. The molecule has 0 saturated carbocycles. The number of carbonyl (C=O) groups excluding carboxylic acids is 1. The Hall–Kier alpha value is -1.10. The fourth-order valence-electron chi connectivity index (χ4n) is 1.87. The first-order valence-corrected chi connectivity index (χ1v) is 6.19. The molecule has 0 aromatic heterocycles. The van der Waals surface area contributed by atoms with Gasteiger partial charge in [0, 0.05) is 13.0 Å². The molecular weight excluding hydrogens is 220 g/mol. The molecule has 0 aliphatic carbocycles. The molecular formula is C12H22N2O3. The van der Waals surface area contributed by atoms with Crippen LogP contribution in [0, 0.1) is 11.3 Å². The molecule has 1 amide bonds. The number of hydrogen-bond acceptors (Lipinski definition) is 3. The predicted octanol–water partition coefficient (Wildman–Crippen LogP) is 0.603. The normalized spacial score (nSPS) is 23.1. The van der Waals surface area contributed by atoms with Crippen LogP contribution in [0.25, 0.3) is 0 Å². The maximum Gasteiger partial charge on any atom is 0.311 e. The predicted molar refractivity (Wildman–Crippen MR) is 64.6 cm³/mol. The van der Waals surface area contributed by atoms with Gasteiger partial charge in [-0.1, -0.05) is 6.92 Å². The fraction of sp³-hybridized carbons (Fsp3) is 0.833. The summed E-state index contributed by atoms with van der Waals surface area (Å²) in [5.41, 5.74) is -0.858. The first-order chi connectivity index (χ1) is 7.98. The minimum atomic E-state index is -0.858. The number of nitrogens with one attached hydrogen (secondary N) is 2. The van der Waals surface area contributed by atoms with Crippen LogP contribution in [0.4, 0.5) is 0 Å². The lowest BCUT2D eigenvalue weighted by Gasteiger charge is -2.23. The van der Waals surface area contributed by atoms with Crippen LogP contribution in [0.2, 0.25) is 0 Å². The Balaban J connectivity index is 2.33. The Labute approximate surface area is 102 Å². The molecule has 1 rings (SSSR count). The zero-order chi connectivity index (χ0) is 12.9. The molecule has 1 aliphatic rings. The third-order valence-electron chi connectivity index (χ3n) is 3.61. The lowest BCUT2D eigenvalue weighted by Crippen LogP contribution is -2.41. The summed E-state index contributed by atoms with van der Waals surface area (Å²) in [5.74, 6) is -0.504. The molecule has 3 N–H and O–H groups in total. The number of hydrogen-bond donors (Lipinski definition) is 3. The first kappa shape index (κ1) is 14.0. The van der Waals surface area contributed by atoms with Crippen LogP contribution >= 0.6 is 0 Å². The molecule has 0 radical (unpaired) electrons. The topological polar surface area (TPSA) is 78.4 Å². The summed E-state index contributed by atoms with van der Waals surface area (Å²) in [4.78, 5) is 22.7. The number of rotatable bonds is 6. The molecule has 5 nitrogen and oxygen atoms in total. The van der Waals surface area contributed by atoms with Gasteiger partial charge >= 0.3 is 5.97 Å². The Kier molecular flexibility index (Phi) is 4.93. The lowest BCUT2D eigenvalue weighted by atomic mass is 9.87. The van der Waals surface area contributed by atoms with Gasteiger partial charge in [-0.05, 0) is 38.8 Å². The largest absolute Gasteiger partial charge is 0.481 e. The Morgan fingerprint density at radius 3 is 2.71 bits per heavy atom. The Bertz CT molecular complexity index is 287. The zero-order valence-corrected chi connectivity index (χ0v) is 10.6. The van der Waals surface area contributed by atoms with Crippen LogP contribution in [0.15, 0.2) is 0 Å². The van der Waals surface area contributed by atoms with Gasteiger partial charge in [-0.15, -0.1) is 0 Å². The van der Waals surface area contributed by atoms with E-state index >= 15 is 0 Å². The molecule has 0 bridgehead atoms.